The quantitative estimate of drug-likeness (QED) is 0.856. The third-order valence-electron chi connectivity index (χ3n) is 3.81. The molecule has 0 fully saturated rings. The number of carbonyl (C=O) groups excluding carboxylic acids is 2. The van der Waals surface area contributed by atoms with E-state index in [1.165, 1.54) is 18.2 Å². The zero-order chi connectivity index (χ0) is 15.9. The molecule has 112 valence electrons. The highest BCUT2D eigenvalue weighted by Gasteiger charge is 2.46. The van der Waals surface area contributed by atoms with E-state index in [0.717, 1.165) is 11.6 Å². The fourth-order valence-corrected chi connectivity index (χ4v) is 2.63. The van der Waals surface area contributed by atoms with Gasteiger partial charge in [0.1, 0.15) is 5.82 Å². The van der Waals surface area contributed by atoms with Gasteiger partial charge in [0.15, 0.2) is 11.4 Å². The molecule has 0 saturated heterocycles. The normalized spacial score (nSPS) is 19.7. The van der Waals surface area contributed by atoms with Crippen LogP contribution < -0.4 is 5.32 Å². The van der Waals surface area contributed by atoms with Crippen LogP contribution in [-0.2, 0) is 10.4 Å². The zero-order valence-corrected chi connectivity index (χ0v) is 11.9. The molecule has 2 aromatic rings. The summed E-state index contributed by atoms with van der Waals surface area (Å²) in [5.74, 6) is -1.67. The maximum atomic E-state index is 13.2. The first-order valence-corrected chi connectivity index (χ1v) is 6.84. The third-order valence-corrected chi connectivity index (χ3v) is 3.81. The summed E-state index contributed by atoms with van der Waals surface area (Å²) in [7, 11) is 0. The molecule has 1 heterocycles. The fourth-order valence-electron chi connectivity index (χ4n) is 2.63. The van der Waals surface area contributed by atoms with Gasteiger partial charge in [-0.2, -0.15) is 0 Å². The number of anilines is 1. The minimum atomic E-state index is -1.93. The second-order valence-electron chi connectivity index (χ2n) is 5.47. The molecule has 5 heteroatoms. The van der Waals surface area contributed by atoms with Gasteiger partial charge < -0.3 is 10.4 Å². The van der Waals surface area contributed by atoms with E-state index in [-0.39, 0.29) is 5.56 Å². The van der Waals surface area contributed by atoms with E-state index in [4.69, 9.17) is 0 Å². The Labute approximate surface area is 126 Å². The minimum Gasteiger partial charge on any atom is -0.375 e. The van der Waals surface area contributed by atoms with Gasteiger partial charge in [-0.25, -0.2) is 4.39 Å². The number of fused-ring (bicyclic) bond motifs is 1. The van der Waals surface area contributed by atoms with Crippen LogP contribution in [0.15, 0.2) is 42.5 Å². The lowest BCUT2D eigenvalue weighted by atomic mass is 9.87. The molecule has 1 aliphatic rings. The topological polar surface area (TPSA) is 66.4 Å². The van der Waals surface area contributed by atoms with Gasteiger partial charge in [-0.15, -0.1) is 0 Å². The molecule has 1 amide bonds. The molecule has 0 bridgehead atoms. The van der Waals surface area contributed by atoms with Crippen molar-refractivity contribution < 1.29 is 19.1 Å². The second kappa shape index (κ2) is 5.03. The minimum absolute atomic E-state index is 0.127. The molecular weight excluding hydrogens is 285 g/mol. The summed E-state index contributed by atoms with van der Waals surface area (Å²) in [6.45, 7) is 1.83. The van der Waals surface area contributed by atoms with Gasteiger partial charge in [0.25, 0.3) is 5.91 Å². The molecule has 22 heavy (non-hydrogen) atoms. The molecule has 0 spiro atoms. The maximum absolute atomic E-state index is 13.2. The number of carbonyl (C=O) groups is 2. The highest BCUT2D eigenvalue weighted by Crippen LogP contribution is 2.39. The molecule has 2 aromatic carbocycles. The van der Waals surface area contributed by atoms with E-state index in [0.29, 0.717) is 11.3 Å². The van der Waals surface area contributed by atoms with Crippen LogP contribution in [0.2, 0.25) is 0 Å². The average Bonchev–Trinajstić information content (AvgIpc) is 2.71. The Morgan fingerprint density at radius 2 is 2.05 bits per heavy atom. The SMILES string of the molecule is Cc1ccc2c(c1)C(O)(CC(=O)c1cccc(F)c1)C(=O)N2. The highest BCUT2D eigenvalue weighted by molar-refractivity contribution is 6.09. The van der Waals surface area contributed by atoms with Gasteiger partial charge in [0.2, 0.25) is 0 Å². The van der Waals surface area contributed by atoms with Crippen LogP contribution in [0.4, 0.5) is 10.1 Å². The summed E-state index contributed by atoms with van der Waals surface area (Å²) < 4.78 is 13.2. The smallest absolute Gasteiger partial charge is 0.261 e. The lowest BCUT2D eigenvalue weighted by Gasteiger charge is -2.20. The number of Topliss-reactive ketones (excluding diaryl/α,β-unsaturated/α-hetero) is 1. The van der Waals surface area contributed by atoms with Crippen molar-refractivity contribution in [1.29, 1.82) is 0 Å². The number of aryl methyl sites for hydroxylation is 1. The maximum Gasteiger partial charge on any atom is 0.261 e. The van der Waals surface area contributed by atoms with Crippen LogP contribution in [0.3, 0.4) is 0 Å². The van der Waals surface area contributed by atoms with E-state index < -0.39 is 29.5 Å². The monoisotopic (exact) mass is 299 g/mol. The number of nitrogens with one attached hydrogen (secondary N) is 1. The predicted molar refractivity (Wildman–Crippen MR) is 79.1 cm³/mol. The van der Waals surface area contributed by atoms with Gasteiger partial charge in [-0.3, -0.25) is 9.59 Å². The van der Waals surface area contributed by atoms with Gasteiger partial charge in [-0.1, -0.05) is 29.8 Å². The fraction of sp³-hybridized carbons (Fsp3) is 0.176. The van der Waals surface area contributed by atoms with Crippen molar-refractivity contribution in [1.82, 2.24) is 0 Å². The number of hydrogen-bond donors (Lipinski definition) is 2. The van der Waals surface area contributed by atoms with Crippen LogP contribution >= 0.6 is 0 Å². The van der Waals surface area contributed by atoms with Gasteiger partial charge in [0, 0.05) is 16.8 Å². The number of amides is 1. The largest absolute Gasteiger partial charge is 0.375 e. The lowest BCUT2D eigenvalue weighted by Crippen LogP contribution is -2.36. The predicted octanol–water partition coefficient (Wildman–Crippen LogP) is 2.55. The van der Waals surface area contributed by atoms with Gasteiger partial charge >= 0.3 is 0 Å². The molecule has 0 saturated carbocycles. The summed E-state index contributed by atoms with van der Waals surface area (Å²) in [6.07, 6.45) is -0.432. The molecule has 2 N–H and O–H groups in total. The van der Waals surface area contributed by atoms with E-state index in [2.05, 4.69) is 5.32 Å². The zero-order valence-electron chi connectivity index (χ0n) is 11.9. The molecular formula is C17H14FNO3. The number of benzene rings is 2. The first-order valence-electron chi connectivity index (χ1n) is 6.84. The van der Waals surface area contributed by atoms with Crippen molar-refractivity contribution >= 4 is 17.4 Å². The second-order valence-corrected chi connectivity index (χ2v) is 5.47. The summed E-state index contributed by atoms with van der Waals surface area (Å²) in [4.78, 5) is 24.4. The Hall–Kier alpha value is -2.53. The Bertz CT molecular complexity index is 787. The molecule has 4 nitrogen and oxygen atoms in total. The Morgan fingerprint density at radius 1 is 1.27 bits per heavy atom. The van der Waals surface area contributed by atoms with Crippen molar-refractivity contribution in [2.75, 3.05) is 5.32 Å². The van der Waals surface area contributed by atoms with Crippen molar-refractivity contribution in [3.63, 3.8) is 0 Å². The van der Waals surface area contributed by atoms with Gasteiger partial charge in [-0.05, 0) is 25.1 Å². The molecule has 3 rings (SSSR count). The summed E-state index contributed by atoms with van der Waals surface area (Å²) in [6, 6.07) is 10.4. The first-order chi connectivity index (χ1) is 10.4. The van der Waals surface area contributed by atoms with Crippen molar-refractivity contribution in [3.05, 3.63) is 65.0 Å². The summed E-state index contributed by atoms with van der Waals surface area (Å²) in [5.41, 5.74) is -0.0632. The van der Waals surface area contributed by atoms with E-state index in [9.17, 15) is 19.1 Å². The van der Waals surface area contributed by atoms with E-state index >= 15 is 0 Å². The Balaban J connectivity index is 1.96. The Morgan fingerprint density at radius 3 is 2.77 bits per heavy atom. The van der Waals surface area contributed by atoms with Crippen molar-refractivity contribution in [2.45, 2.75) is 18.9 Å². The average molecular weight is 299 g/mol. The highest BCUT2D eigenvalue weighted by atomic mass is 19.1. The van der Waals surface area contributed by atoms with E-state index in [1.807, 2.05) is 6.92 Å². The number of ketones is 1. The van der Waals surface area contributed by atoms with E-state index in [1.54, 1.807) is 18.2 Å². The number of aliphatic hydroxyl groups is 1. The van der Waals surface area contributed by atoms with Crippen LogP contribution in [-0.4, -0.2) is 16.8 Å². The van der Waals surface area contributed by atoms with Crippen molar-refractivity contribution in [3.8, 4) is 0 Å². The molecule has 0 radical (unpaired) electrons. The third kappa shape index (κ3) is 2.29. The molecule has 1 atom stereocenters. The standard InChI is InChI=1S/C17H14FNO3/c1-10-5-6-14-13(7-10)17(22,16(21)19-14)9-15(20)11-3-2-4-12(18)8-11/h2-8,22H,9H2,1H3,(H,19,21). The Kier molecular flexibility index (Phi) is 3.30. The van der Waals surface area contributed by atoms with Crippen LogP contribution in [0.5, 0.6) is 0 Å². The first kappa shape index (κ1) is 14.4. The van der Waals surface area contributed by atoms with Crippen molar-refractivity contribution in [2.24, 2.45) is 0 Å². The molecule has 0 aliphatic carbocycles. The van der Waals surface area contributed by atoms with Crippen LogP contribution in [0, 0.1) is 12.7 Å². The number of hydrogen-bond acceptors (Lipinski definition) is 3. The van der Waals surface area contributed by atoms with Crippen LogP contribution in [0.25, 0.3) is 0 Å². The molecule has 0 aromatic heterocycles. The lowest BCUT2D eigenvalue weighted by molar-refractivity contribution is -0.133. The summed E-state index contributed by atoms with van der Waals surface area (Å²) >= 11 is 0. The summed E-state index contributed by atoms with van der Waals surface area (Å²) in [5, 5.41) is 13.3. The van der Waals surface area contributed by atoms with Crippen LogP contribution in [0.1, 0.15) is 27.9 Å². The number of rotatable bonds is 3. The number of halogens is 1. The van der Waals surface area contributed by atoms with Gasteiger partial charge in [0.05, 0.1) is 6.42 Å². The molecule has 1 aliphatic heterocycles. The molecule has 1 unspecified atom stereocenters.